The zero-order valence-electron chi connectivity index (χ0n) is 12.8. The molecule has 1 rings (SSSR count). The summed E-state index contributed by atoms with van der Waals surface area (Å²) in [6.45, 7) is 4.59. The number of hydrogen-bond donors (Lipinski definition) is 1. The van der Waals surface area contributed by atoms with Gasteiger partial charge in [-0.05, 0) is 53.2 Å². The van der Waals surface area contributed by atoms with E-state index in [1.54, 1.807) is 37.1 Å². The number of methoxy groups -OCH3 is 1. The minimum absolute atomic E-state index is 0.0588. The normalized spacial score (nSPS) is 12.4. The van der Waals surface area contributed by atoms with Crippen LogP contribution in [0.15, 0.2) is 27.6 Å². The Bertz CT molecular complexity index is 563. The Morgan fingerprint density at radius 1 is 1.33 bits per heavy atom. The lowest BCUT2D eigenvalue weighted by Crippen LogP contribution is -2.39. The minimum Gasteiger partial charge on any atom is -0.496 e. The molecule has 0 aliphatic carbocycles. The molecule has 0 aliphatic heterocycles. The van der Waals surface area contributed by atoms with Crippen LogP contribution in [0.2, 0.25) is 0 Å². The number of hydrogen-bond acceptors (Lipinski definition) is 4. The fourth-order valence-corrected chi connectivity index (χ4v) is 4.72. The zero-order valence-corrected chi connectivity index (χ0v) is 16.0. The second-order valence-corrected chi connectivity index (χ2v) is 8.61. The summed E-state index contributed by atoms with van der Waals surface area (Å²) in [5, 5.41) is 0. The molecule has 7 heteroatoms. The van der Waals surface area contributed by atoms with E-state index in [1.807, 2.05) is 6.26 Å². The largest absolute Gasteiger partial charge is 0.496 e. The van der Waals surface area contributed by atoms with Crippen molar-refractivity contribution in [1.82, 2.24) is 4.72 Å². The lowest BCUT2D eigenvalue weighted by molar-refractivity contribution is 0.411. The molecule has 0 aromatic heterocycles. The van der Waals surface area contributed by atoms with Crippen LogP contribution < -0.4 is 9.46 Å². The molecule has 0 atom stereocenters. The van der Waals surface area contributed by atoms with Crippen molar-refractivity contribution < 1.29 is 13.2 Å². The summed E-state index contributed by atoms with van der Waals surface area (Å²) in [4.78, 5) is 0.234. The summed E-state index contributed by atoms with van der Waals surface area (Å²) in [5.41, 5.74) is 0. The van der Waals surface area contributed by atoms with Crippen molar-refractivity contribution in [3.63, 3.8) is 0 Å². The van der Waals surface area contributed by atoms with Gasteiger partial charge in [0, 0.05) is 11.3 Å². The first kappa shape index (κ1) is 18.8. The average Bonchev–Trinajstić information content (AvgIpc) is 2.49. The molecule has 0 unspecified atom stereocenters. The molecule has 0 spiro atoms. The molecule has 21 heavy (non-hydrogen) atoms. The zero-order chi connectivity index (χ0) is 16.1. The van der Waals surface area contributed by atoms with E-state index in [4.69, 9.17) is 4.74 Å². The molecular weight excluding hydrogens is 374 g/mol. The van der Waals surface area contributed by atoms with Crippen molar-refractivity contribution >= 4 is 37.7 Å². The number of ether oxygens (including phenoxy) is 1. The molecule has 0 radical (unpaired) electrons. The van der Waals surface area contributed by atoms with Gasteiger partial charge in [-0.15, -0.1) is 0 Å². The van der Waals surface area contributed by atoms with Crippen LogP contribution in [0, 0.1) is 0 Å². The highest BCUT2D eigenvalue weighted by molar-refractivity contribution is 9.10. The lowest BCUT2D eigenvalue weighted by Gasteiger charge is -2.29. The van der Waals surface area contributed by atoms with E-state index in [0.717, 1.165) is 12.8 Å². The predicted molar refractivity (Wildman–Crippen MR) is 92.7 cm³/mol. The first-order chi connectivity index (χ1) is 9.84. The Hall–Kier alpha value is -0.240. The second kappa shape index (κ2) is 7.85. The molecule has 0 saturated heterocycles. The quantitative estimate of drug-likeness (QED) is 0.729. The van der Waals surface area contributed by atoms with E-state index in [-0.39, 0.29) is 9.64 Å². The van der Waals surface area contributed by atoms with Gasteiger partial charge in [0.15, 0.2) is 0 Å². The van der Waals surface area contributed by atoms with Crippen molar-refractivity contribution in [1.29, 1.82) is 0 Å². The van der Waals surface area contributed by atoms with E-state index in [0.29, 0.717) is 16.8 Å². The van der Waals surface area contributed by atoms with E-state index >= 15 is 0 Å². The molecule has 0 fully saturated rings. The number of nitrogens with one attached hydrogen (secondary N) is 1. The van der Waals surface area contributed by atoms with Gasteiger partial charge in [0.05, 0.1) is 16.5 Å². The van der Waals surface area contributed by atoms with Crippen molar-refractivity contribution in [2.45, 2.75) is 36.3 Å². The van der Waals surface area contributed by atoms with Crippen molar-refractivity contribution in [3.8, 4) is 5.75 Å². The first-order valence-electron chi connectivity index (χ1n) is 6.72. The highest BCUT2D eigenvalue weighted by Crippen LogP contribution is 2.31. The molecule has 1 aromatic carbocycles. The Morgan fingerprint density at radius 3 is 2.38 bits per heavy atom. The topological polar surface area (TPSA) is 55.4 Å². The van der Waals surface area contributed by atoms with Crippen molar-refractivity contribution in [3.05, 3.63) is 22.7 Å². The Labute approximate surface area is 140 Å². The van der Waals surface area contributed by atoms with Crippen LogP contribution >= 0.6 is 27.7 Å². The van der Waals surface area contributed by atoms with E-state index < -0.39 is 10.0 Å². The molecule has 0 heterocycles. The average molecular weight is 396 g/mol. The van der Waals surface area contributed by atoms with Crippen molar-refractivity contribution in [2.75, 3.05) is 19.9 Å². The molecule has 0 saturated carbocycles. The summed E-state index contributed by atoms with van der Waals surface area (Å²) >= 11 is 5.02. The fraction of sp³-hybridized carbons (Fsp3) is 0.571. The Balaban J connectivity index is 2.94. The highest BCUT2D eigenvalue weighted by atomic mass is 79.9. The third kappa shape index (κ3) is 4.61. The van der Waals surface area contributed by atoms with Crippen LogP contribution in [-0.4, -0.2) is 33.1 Å². The van der Waals surface area contributed by atoms with Crippen LogP contribution in [-0.2, 0) is 10.0 Å². The third-order valence-corrected chi connectivity index (χ3v) is 7.35. The number of halogens is 1. The molecule has 0 amide bonds. The maximum Gasteiger partial charge on any atom is 0.240 e. The summed E-state index contributed by atoms with van der Waals surface area (Å²) in [6.07, 6.45) is 3.85. The molecule has 120 valence electrons. The summed E-state index contributed by atoms with van der Waals surface area (Å²) in [7, 11) is -1.98. The SMILES string of the molecule is CCC(CC)(CNS(=O)(=O)c1ccc(OC)c(Br)c1)SC. The van der Waals surface area contributed by atoms with Gasteiger partial charge in [-0.25, -0.2) is 13.1 Å². The van der Waals surface area contributed by atoms with Crippen LogP contribution in [0.5, 0.6) is 5.75 Å². The number of benzene rings is 1. The molecule has 1 N–H and O–H groups in total. The Kier molecular flexibility index (Phi) is 7.03. The smallest absolute Gasteiger partial charge is 0.240 e. The van der Waals surface area contributed by atoms with Crippen LogP contribution in [0.4, 0.5) is 0 Å². The molecule has 1 aromatic rings. The van der Waals surface area contributed by atoms with E-state index in [1.165, 1.54) is 0 Å². The van der Waals surface area contributed by atoms with Gasteiger partial charge < -0.3 is 4.74 Å². The summed E-state index contributed by atoms with van der Waals surface area (Å²) in [5.74, 6) is 0.606. The van der Waals surface area contributed by atoms with Gasteiger partial charge in [-0.3, -0.25) is 0 Å². The van der Waals surface area contributed by atoms with Gasteiger partial charge >= 0.3 is 0 Å². The molecular formula is C14H22BrNO3S2. The standard InChI is InChI=1S/C14H22BrNO3S2/c1-5-14(6-2,20-4)10-16-21(17,18)11-7-8-13(19-3)12(15)9-11/h7-9,16H,5-6,10H2,1-4H3. The monoisotopic (exact) mass is 395 g/mol. The van der Waals surface area contributed by atoms with Crippen LogP contribution in [0.1, 0.15) is 26.7 Å². The predicted octanol–water partition coefficient (Wildman–Crippen LogP) is 3.66. The Morgan fingerprint density at radius 2 is 1.95 bits per heavy atom. The molecule has 0 bridgehead atoms. The van der Waals surface area contributed by atoms with E-state index in [2.05, 4.69) is 34.5 Å². The van der Waals surface area contributed by atoms with Crippen LogP contribution in [0.3, 0.4) is 0 Å². The lowest BCUT2D eigenvalue weighted by atomic mass is 10.0. The first-order valence-corrected chi connectivity index (χ1v) is 10.2. The van der Waals surface area contributed by atoms with Gasteiger partial charge in [-0.2, -0.15) is 11.8 Å². The molecule has 4 nitrogen and oxygen atoms in total. The van der Waals surface area contributed by atoms with E-state index in [9.17, 15) is 8.42 Å². The maximum atomic E-state index is 12.4. The number of sulfonamides is 1. The van der Waals surface area contributed by atoms with Gasteiger partial charge in [0.25, 0.3) is 0 Å². The van der Waals surface area contributed by atoms with Gasteiger partial charge in [-0.1, -0.05) is 13.8 Å². The van der Waals surface area contributed by atoms with Gasteiger partial charge in [0.1, 0.15) is 5.75 Å². The maximum absolute atomic E-state index is 12.4. The molecule has 0 aliphatic rings. The van der Waals surface area contributed by atoms with Gasteiger partial charge in [0.2, 0.25) is 10.0 Å². The second-order valence-electron chi connectivity index (χ2n) is 4.72. The van der Waals surface area contributed by atoms with Crippen LogP contribution in [0.25, 0.3) is 0 Å². The number of thioether (sulfide) groups is 1. The minimum atomic E-state index is -3.52. The summed E-state index contributed by atoms with van der Waals surface area (Å²) in [6, 6.07) is 4.74. The van der Waals surface area contributed by atoms with Crippen molar-refractivity contribution in [2.24, 2.45) is 0 Å². The highest BCUT2D eigenvalue weighted by Gasteiger charge is 2.27. The number of rotatable bonds is 8. The fourth-order valence-electron chi connectivity index (χ4n) is 1.98. The summed E-state index contributed by atoms with van der Waals surface area (Å²) < 4.78 is 33.2. The third-order valence-electron chi connectivity index (χ3n) is 3.74.